The van der Waals surface area contributed by atoms with Crippen LogP contribution in [-0.4, -0.2) is 37.5 Å². The summed E-state index contributed by atoms with van der Waals surface area (Å²) in [6.07, 6.45) is 4.85. The van der Waals surface area contributed by atoms with E-state index in [-0.39, 0.29) is 18.5 Å². The first-order valence-electron chi connectivity index (χ1n) is 9.22. The SMILES string of the molecule is CC(CO)Nc1nccc(-c2c(-c3ccc(F)cc3)nn3c2CCCC3)n1. The summed E-state index contributed by atoms with van der Waals surface area (Å²) in [7, 11) is 0. The highest BCUT2D eigenvalue weighted by molar-refractivity contribution is 5.81. The molecule has 2 aromatic heterocycles. The molecule has 4 rings (SSSR count). The van der Waals surface area contributed by atoms with Gasteiger partial charge in [0.1, 0.15) is 11.5 Å². The molecule has 140 valence electrons. The van der Waals surface area contributed by atoms with Crippen molar-refractivity contribution in [2.75, 3.05) is 11.9 Å². The lowest BCUT2D eigenvalue weighted by Gasteiger charge is -2.15. The molecular formula is C20H22FN5O. The van der Waals surface area contributed by atoms with E-state index in [1.165, 1.54) is 12.1 Å². The Hall–Kier alpha value is -2.80. The van der Waals surface area contributed by atoms with E-state index in [1.54, 1.807) is 18.3 Å². The first-order valence-corrected chi connectivity index (χ1v) is 9.22. The van der Waals surface area contributed by atoms with Crippen molar-refractivity contribution in [1.29, 1.82) is 0 Å². The maximum Gasteiger partial charge on any atom is 0.223 e. The number of aliphatic hydroxyl groups is 1. The van der Waals surface area contributed by atoms with E-state index in [2.05, 4.69) is 15.3 Å². The minimum absolute atomic E-state index is 0.00238. The van der Waals surface area contributed by atoms with Crippen molar-refractivity contribution >= 4 is 5.95 Å². The zero-order valence-corrected chi connectivity index (χ0v) is 15.2. The Morgan fingerprint density at radius 3 is 2.81 bits per heavy atom. The van der Waals surface area contributed by atoms with Gasteiger partial charge in [-0.1, -0.05) is 0 Å². The van der Waals surface area contributed by atoms with Gasteiger partial charge in [0.2, 0.25) is 5.95 Å². The summed E-state index contributed by atoms with van der Waals surface area (Å²) >= 11 is 0. The van der Waals surface area contributed by atoms with Crippen molar-refractivity contribution in [2.45, 2.75) is 38.8 Å². The summed E-state index contributed by atoms with van der Waals surface area (Å²) in [5, 5.41) is 17.2. The van der Waals surface area contributed by atoms with Gasteiger partial charge >= 0.3 is 0 Å². The second-order valence-electron chi connectivity index (χ2n) is 6.85. The average molecular weight is 367 g/mol. The largest absolute Gasteiger partial charge is 0.394 e. The van der Waals surface area contributed by atoms with Crippen LogP contribution in [0.15, 0.2) is 36.5 Å². The summed E-state index contributed by atoms with van der Waals surface area (Å²) in [6, 6.07) is 8.13. The van der Waals surface area contributed by atoms with Crippen LogP contribution >= 0.6 is 0 Å². The Morgan fingerprint density at radius 1 is 1.22 bits per heavy atom. The molecule has 1 aliphatic rings. The van der Waals surface area contributed by atoms with Gasteiger partial charge in [0.15, 0.2) is 0 Å². The highest BCUT2D eigenvalue weighted by Gasteiger charge is 2.24. The topological polar surface area (TPSA) is 75.9 Å². The molecule has 3 aromatic rings. The Morgan fingerprint density at radius 2 is 2.04 bits per heavy atom. The molecule has 3 heterocycles. The van der Waals surface area contributed by atoms with E-state index in [9.17, 15) is 9.50 Å². The molecule has 0 radical (unpaired) electrons. The third-order valence-corrected chi connectivity index (χ3v) is 4.77. The molecule has 0 spiro atoms. The minimum Gasteiger partial charge on any atom is -0.394 e. The van der Waals surface area contributed by atoms with Crippen LogP contribution in [0.25, 0.3) is 22.5 Å². The molecule has 6 nitrogen and oxygen atoms in total. The number of aryl methyl sites for hydroxylation is 1. The third-order valence-electron chi connectivity index (χ3n) is 4.77. The van der Waals surface area contributed by atoms with Gasteiger partial charge in [-0.2, -0.15) is 5.10 Å². The Kier molecular flexibility index (Phi) is 4.85. The van der Waals surface area contributed by atoms with Crippen LogP contribution in [0.3, 0.4) is 0 Å². The van der Waals surface area contributed by atoms with E-state index in [0.29, 0.717) is 5.95 Å². The highest BCUT2D eigenvalue weighted by atomic mass is 19.1. The first-order chi connectivity index (χ1) is 13.2. The number of rotatable bonds is 5. The molecule has 0 saturated heterocycles. The highest BCUT2D eigenvalue weighted by Crippen LogP contribution is 2.36. The number of benzene rings is 1. The van der Waals surface area contributed by atoms with E-state index in [1.807, 2.05) is 17.7 Å². The lowest BCUT2D eigenvalue weighted by molar-refractivity contribution is 0.281. The molecule has 0 bridgehead atoms. The number of hydrogen-bond acceptors (Lipinski definition) is 5. The normalized spacial score (nSPS) is 14.6. The van der Waals surface area contributed by atoms with Gasteiger partial charge in [0.25, 0.3) is 0 Å². The predicted octanol–water partition coefficient (Wildman–Crippen LogP) is 3.28. The number of nitrogens with one attached hydrogen (secondary N) is 1. The quantitative estimate of drug-likeness (QED) is 0.724. The third kappa shape index (κ3) is 3.55. The molecule has 1 aliphatic heterocycles. The van der Waals surface area contributed by atoms with Gasteiger partial charge in [-0.15, -0.1) is 0 Å². The van der Waals surface area contributed by atoms with Crippen molar-refractivity contribution in [3.05, 3.63) is 48.0 Å². The fourth-order valence-electron chi connectivity index (χ4n) is 3.40. The predicted molar refractivity (Wildman–Crippen MR) is 102 cm³/mol. The van der Waals surface area contributed by atoms with Crippen LogP contribution in [-0.2, 0) is 13.0 Å². The Balaban J connectivity index is 1.83. The van der Waals surface area contributed by atoms with E-state index >= 15 is 0 Å². The smallest absolute Gasteiger partial charge is 0.223 e. The molecule has 2 N–H and O–H groups in total. The molecule has 0 amide bonds. The molecule has 0 fully saturated rings. The number of anilines is 1. The molecular weight excluding hydrogens is 345 g/mol. The molecule has 1 aromatic carbocycles. The lowest BCUT2D eigenvalue weighted by Crippen LogP contribution is -2.20. The van der Waals surface area contributed by atoms with Gasteiger partial charge < -0.3 is 10.4 Å². The van der Waals surface area contributed by atoms with Crippen molar-refractivity contribution < 1.29 is 9.50 Å². The maximum atomic E-state index is 13.4. The maximum absolute atomic E-state index is 13.4. The van der Waals surface area contributed by atoms with Crippen molar-refractivity contribution in [2.24, 2.45) is 0 Å². The number of hydrogen-bond donors (Lipinski definition) is 2. The molecule has 27 heavy (non-hydrogen) atoms. The number of fused-ring (bicyclic) bond motifs is 1. The van der Waals surface area contributed by atoms with Gasteiger partial charge in [0, 0.05) is 35.6 Å². The summed E-state index contributed by atoms with van der Waals surface area (Å²) in [5.41, 5.74) is 4.58. The molecule has 7 heteroatoms. The van der Waals surface area contributed by atoms with Gasteiger partial charge in [0.05, 0.1) is 12.3 Å². The first kappa shape index (κ1) is 17.6. The second-order valence-corrected chi connectivity index (χ2v) is 6.85. The van der Waals surface area contributed by atoms with Crippen LogP contribution in [0.1, 0.15) is 25.5 Å². The van der Waals surface area contributed by atoms with Crippen LogP contribution in [0, 0.1) is 5.82 Å². The summed E-state index contributed by atoms with van der Waals surface area (Å²) in [4.78, 5) is 8.91. The Bertz CT molecular complexity index is 938. The Labute approximate surface area is 157 Å². The fourth-order valence-corrected chi connectivity index (χ4v) is 3.40. The molecule has 1 atom stereocenters. The minimum atomic E-state index is -0.268. The van der Waals surface area contributed by atoms with Gasteiger partial charge in [-0.05, 0) is 56.5 Å². The number of aromatic nitrogens is 4. The fraction of sp³-hybridized carbons (Fsp3) is 0.350. The monoisotopic (exact) mass is 367 g/mol. The number of halogens is 1. The van der Waals surface area contributed by atoms with Crippen molar-refractivity contribution in [3.63, 3.8) is 0 Å². The zero-order valence-electron chi connectivity index (χ0n) is 15.2. The average Bonchev–Trinajstić information content (AvgIpc) is 3.08. The second kappa shape index (κ2) is 7.44. The van der Waals surface area contributed by atoms with Crippen LogP contribution in [0.4, 0.5) is 10.3 Å². The van der Waals surface area contributed by atoms with Gasteiger partial charge in [-0.25, -0.2) is 14.4 Å². The summed E-state index contributed by atoms with van der Waals surface area (Å²) < 4.78 is 15.4. The molecule has 1 unspecified atom stereocenters. The lowest BCUT2D eigenvalue weighted by atomic mass is 9.99. The van der Waals surface area contributed by atoms with Crippen molar-refractivity contribution in [1.82, 2.24) is 19.7 Å². The zero-order chi connectivity index (χ0) is 18.8. The summed E-state index contributed by atoms with van der Waals surface area (Å²) in [5.74, 6) is 0.200. The van der Waals surface area contributed by atoms with Crippen LogP contribution < -0.4 is 5.32 Å². The summed E-state index contributed by atoms with van der Waals surface area (Å²) in [6.45, 7) is 2.74. The van der Waals surface area contributed by atoms with Gasteiger partial charge in [-0.3, -0.25) is 4.68 Å². The number of nitrogens with zero attached hydrogens (tertiary/aromatic N) is 4. The van der Waals surface area contributed by atoms with Crippen molar-refractivity contribution in [3.8, 4) is 22.5 Å². The van der Waals surface area contributed by atoms with Crippen LogP contribution in [0.5, 0.6) is 0 Å². The number of aliphatic hydroxyl groups excluding tert-OH is 1. The standard InChI is InChI=1S/C20H22FN5O/c1-13(12-27)23-20-22-10-9-16(24-20)18-17-4-2-3-11-26(17)25-19(18)14-5-7-15(21)8-6-14/h5-10,13,27H,2-4,11-12H2,1H3,(H,22,23,24). The van der Waals surface area contributed by atoms with E-state index in [0.717, 1.165) is 54.0 Å². The van der Waals surface area contributed by atoms with Crippen LogP contribution in [0.2, 0.25) is 0 Å². The van der Waals surface area contributed by atoms with E-state index < -0.39 is 0 Å². The molecule has 0 aliphatic carbocycles. The van der Waals surface area contributed by atoms with E-state index in [4.69, 9.17) is 5.10 Å². The molecule has 0 saturated carbocycles.